The Morgan fingerprint density at radius 1 is 1.14 bits per heavy atom. The third-order valence-electron chi connectivity index (χ3n) is 7.00. The summed E-state index contributed by atoms with van der Waals surface area (Å²) >= 11 is 0. The largest absolute Gasteiger partial charge is 0.494 e. The van der Waals surface area contributed by atoms with Crippen LogP contribution in [0.1, 0.15) is 58.8 Å². The summed E-state index contributed by atoms with van der Waals surface area (Å²) in [5.41, 5.74) is 4.69. The lowest BCUT2D eigenvalue weighted by atomic mass is 9.90. The van der Waals surface area contributed by atoms with E-state index in [1.165, 1.54) is 29.2 Å². The molecular formula is C24H35N3O7S. The molecule has 0 bridgehead atoms. The molecule has 1 aromatic carbocycles. The van der Waals surface area contributed by atoms with Gasteiger partial charge in [-0.05, 0) is 56.4 Å². The lowest BCUT2D eigenvalue weighted by Crippen LogP contribution is -2.53. The zero-order chi connectivity index (χ0) is 25.7. The quantitative estimate of drug-likeness (QED) is 0.324. The number of urea groups is 1. The molecule has 1 unspecified atom stereocenters. The smallest absolute Gasteiger partial charge is 0.325 e. The van der Waals surface area contributed by atoms with Crippen molar-refractivity contribution in [2.75, 3.05) is 26.4 Å². The van der Waals surface area contributed by atoms with Crippen molar-refractivity contribution in [3.63, 3.8) is 0 Å². The molecule has 10 nitrogen and oxygen atoms in total. The average molecular weight is 510 g/mol. The number of hydrogen-bond acceptors (Lipinski definition) is 7. The Bertz CT molecular complexity index is 1040. The summed E-state index contributed by atoms with van der Waals surface area (Å²) in [7, 11) is -4.01. The van der Waals surface area contributed by atoms with Gasteiger partial charge in [-0.1, -0.05) is 26.7 Å². The van der Waals surface area contributed by atoms with Crippen molar-refractivity contribution >= 4 is 27.7 Å². The van der Waals surface area contributed by atoms with E-state index in [1.807, 2.05) is 13.8 Å². The second-order valence-electron chi connectivity index (χ2n) is 9.07. The summed E-state index contributed by atoms with van der Waals surface area (Å²) in [4.78, 5) is 38.6. The van der Waals surface area contributed by atoms with Gasteiger partial charge >= 0.3 is 6.03 Å². The van der Waals surface area contributed by atoms with Crippen LogP contribution in [0.25, 0.3) is 0 Å². The molecule has 3 N–H and O–H groups in total. The number of primary amides is 1. The number of nitrogens with zero attached hydrogens (tertiary/aromatic N) is 1. The minimum atomic E-state index is -4.01. The van der Waals surface area contributed by atoms with Crippen molar-refractivity contribution < 1.29 is 32.3 Å². The molecule has 35 heavy (non-hydrogen) atoms. The van der Waals surface area contributed by atoms with Gasteiger partial charge in [0.25, 0.3) is 5.91 Å². The molecule has 194 valence electrons. The number of nitrogens with one attached hydrogen (secondary N) is 1. The minimum absolute atomic E-state index is 0.00660. The second kappa shape index (κ2) is 10.9. The zero-order valence-electron chi connectivity index (χ0n) is 20.4. The van der Waals surface area contributed by atoms with Crippen molar-refractivity contribution in [2.45, 2.75) is 74.0 Å². The fourth-order valence-corrected chi connectivity index (χ4v) is 6.56. The first kappa shape index (κ1) is 26.9. The van der Waals surface area contributed by atoms with Crippen LogP contribution in [-0.4, -0.2) is 67.8 Å². The first-order chi connectivity index (χ1) is 16.6. The monoisotopic (exact) mass is 509 g/mol. The molecule has 0 saturated carbocycles. The van der Waals surface area contributed by atoms with Gasteiger partial charge in [0.15, 0.2) is 14.6 Å². The molecule has 2 heterocycles. The SMILES string of the molecule is CCCCC1(CC)NC(=O)N(CCCOc2ccc(S(=O)(=O)C3(C(N)=O)CCOCC3)cc2)C1=O. The molecule has 3 rings (SSSR count). The number of carbonyl (C=O) groups excluding carboxylic acids is 3. The fourth-order valence-electron chi connectivity index (χ4n) is 4.65. The molecular weight excluding hydrogens is 474 g/mol. The summed E-state index contributed by atoms with van der Waals surface area (Å²) in [5, 5.41) is 2.87. The van der Waals surface area contributed by atoms with E-state index < -0.39 is 26.0 Å². The van der Waals surface area contributed by atoms with Gasteiger partial charge in [-0.25, -0.2) is 13.2 Å². The van der Waals surface area contributed by atoms with Gasteiger partial charge in [0.2, 0.25) is 5.91 Å². The molecule has 0 aromatic heterocycles. The van der Waals surface area contributed by atoms with Crippen LogP contribution >= 0.6 is 0 Å². The van der Waals surface area contributed by atoms with Gasteiger partial charge in [-0.3, -0.25) is 14.5 Å². The van der Waals surface area contributed by atoms with E-state index in [-0.39, 0.29) is 56.0 Å². The predicted molar refractivity (Wildman–Crippen MR) is 129 cm³/mol. The number of amides is 4. The topological polar surface area (TPSA) is 145 Å². The number of hydrogen-bond donors (Lipinski definition) is 2. The molecule has 1 aromatic rings. The zero-order valence-corrected chi connectivity index (χ0v) is 21.2. The van der Waals surface area contributed by atoms with Gasteiger partial charge in [0, 0.05) is 19.8 Å². The van der Waals surface area contributed by atoms with Crippen LogP contribution in [0.5, 0.6) is 5.75 Å². The minimum Gasteiger partial charge on any atom is -0.494 e. The van der Waals surface area contributed by atoms with Crippen molar-refractivity contribution in [2.24, 2.45) is 5.73 Å². The Morgan fingerprint density at radius 3 is 2.37 bits per heavy atom. The number of carbonyl (C=O) groups is 3. The van der Waals surface area contributed by atoms with E-state index in [0.29, 0.717) is 25.0 Å². The van der Waals surface area contributed by atoms with Gasteiger partial charge in [-0.2, -0.15) is 0 Å². The molecule has 4 amide bonds. The Balaban J connectivity index is 1.57. The Labute approximate surface area is 206 Å². The highest BCUT2D eigenvalue weighted by atomic mass is 32.2. The van der Waals surface area contributed by atoms with Gasteiger partial charge in [0.1, 0.15) is 11.3 Å². The number of benzene rings is 1. The number of unbranched alkanes of at least 4 members (excludes halogenated alkanes) is 1. The summed E-state index contributed by atoms with van der Waals surface area (Å²) in [6.07, 6.45) is 3.43. The number of nitrogens with two attached hydrogens (primary N) is 1. The molecule has 11 heteroatoms. The summed E-state index contributed by atoms with van der Waals surface area (Å²) in [6, 6.07) is 5.44. The summed E-state index contributed by atoms with van der Waals surface area (Å²) in [6.45, 7) is 4.71. The lowest BCUT2D eigenvalue weighted by Gasteiger charge is -2.33. The van der Waals surface area contributed by atoms with Crippen LogP contribution in [-0.2, 0) is 24.2 Å². The van der Waals surface area contributed by atoms with E-state index in [2.05, 4.69) is 5.32 Å². The normalized spacial score (nSPS) is 22.2. The maximum Gasteiger partial charge on any atom is 0.325 e. The number of imide groups is 1. The Morgan fingerprint density at radius 2 is 1.80 bits per heavy atom. The van der Waals surface area contributed by atoms with E-state index in [9.17, 15) is 22.8 Å². The van der Waals surface area contributed by atoms with Crippen LogP contribution in [0.4, 0.5) is 4.79 Å². The van der Waals surface area contributed by atoms with E-state index >= 15 is 0 Å². The van der Waals surface area contributed by atoms with Crippen LogP contribution in [0.15, 0.2) is 29.2 Å². The number of rotatable bonds is 12. The summed E-state index contributed by atoms with van der Waals surface area (Å²) < 4.78 is 35.6. The highest BCUT2D eigenvalue weighted by molar-refractivity contribution is 7.93. The second-order valence-corrected chi connectivity index (χ2v) is 11.3. The first-order valence-corrected chi connectivity index (χ1v) is 13.6. The number of ether oxygens (including phenoxy) is 2. The highest BCUT2D eigenvalue weighted by Gasteiger charge is 2.51. The highest BCUT2D eigenvalue weighted by Crippen LogP contribution is 2.35. The Kier molecular flexibility index (Phi) is 8.42. The standard InChI is InChI=1S/C24H35N3O7S/c1-3-5-11-23(4-2)21(29)27(22(30)26-23)14-6-15-34-18-7-9-19(10-8-18)35(31,32)24(20(25)28)12-16-33-17-13-24/h7-10H,3-6,11-17H2,1-2H3,(H2,25,28)(H,26,30). The third kappa shape index (κ3) is 5.16. The molecule has 2 aliphatic heterocycles. The van der Waals surface area contributed by atoms with E-state index in [4.69, 9.17) is 15.2 Å². The average Bonchev–Trinajstić information content (AvgIpc) is 3.10. The van der Waals surface area contributed by atoms with E-state index in [0.717, 1.165) is 12.8 Å². The third-order valence-corrected chi connectivity index (χ3v) is 9.53. The molecule has 2 fully saturated rings. The molecule has 2 aliphatic rings. The van der Waals surface area contributed by atoms with Gasteiger partial charge < -0.3 is 20.5 Å². The maximum atomic E-state index is 13.2. The maximum absolute atomic E-state index is 13.2. The first-order valence-electron chi connectivity index (χ1n) is 12.1. The van der Waals surface area contributed by atoms with Crippen LogP contribution < -0.4 is 15.8 Å². The Hall–Kier alpha value is -2.66. The number of sulfone groups is 1. The summed E-state index contributed by atoms with van der Waals surface area (Å²) in [5.74, 6) is -0.625. The van der Waals surface area contributed by atoms with Crippen molar-refractivity contribution in [1.29, 1.82) is 0 Å². The van der Waals surface area contributed by atoms with Crippen molar-refractivity contribution in [3.05, 3.63) is 24.3 Å². The van der Waals surface area contributed by atoms with Crippen LogP contribution in [0.3, 0.4) is 0 Å². The van der Waals surface area contributed by atoms with Crippen LogP contribution in [0.2, 0.25) is 0 Å². The van der Waals surface area contributed by atoms with Crippen molar-refractivity contribution in [3.8, 4) is 5.75 Å². The molecule has 0 spiro atoms. The van der Waals surface area contributed by atoms with Gasteiger partial charge in [0.05, 0.1) is 11.5 Å². The fraction of sp³-hybridized carbons (Fsp3) is 0.625. The molecule has 2 saturated heterocycles. The molecule has 1 atom stereocenters. The van der Waals surface area contributed by atoms with Crippen LogP contribution in [0, 0.1) is 0 Å². The van der Waals surface area contributed by atoms with Gasteiger partial charge in [-0.15, -0.1) is 0 Å². The predicted octanol–water partition coefficient (Wildman–Crippen LogP) is 2.15. The molecule has 0 radical (unpaired) electrons. The van der Waals surface area contributed by atoms with Crippen molar-refractivity contribution in [1.82, 2.24) is 10.2 Å². The van der Waals surface area contributed by atoms with E-state index in [1.54, 1.807) is 0 Å². The molecule has 0 aliphatic carbocycles. The lowest BCUT2D eigenvalue weighted by molar-refractivity contribution is -0.131.